The van der Waals surface area contributed by atoms with Crippen LogP contribution in [0.2, 0.25) is 0 Å². The molecule has 1 unspecified atom stereocenters. The van der Waals surface area contributed by atoms with Crippen molar-refractivity contribution >= 4 is 11.7 Å². The van der Waals surface area contributed by atoms with Crippen LogP contribution in [-0.4, -0.2) is 41.6 Å². The monoisotopic (exact) mass is 221 g/mol. The molecule has 16 heavy (non-hydrogen) atoms. The Balaban J connectivity index is 2.09. The molecule has 0 aromatic carbocycles. The number of nitrogens with two attached hydrogens (primary N) is 1. The number of ether oxygens (including phenoxy) is 1. The van der Waals surface area contributed by atoms with Gasteiger partial charge in [0.15, 0.2) is 0 Å². The summed E-state index contributed by atoms with van der Waals surface area (Å²) in [5, 5.41) is 0. The molecular formula is C11H15N3O2. The Bertz CT molecular complexity index is 377. The van der Waals surface area contributed by atoms with Crippen molar-refractivity contribution in [1.29, 1.82) is 0 Å². The second-order valence-corrected chi connectivity index (χ2v) is 3.90. The van der Waals surface area contributed by atoms with Gasteiger partial charge < -0.3 is 15.4 Å². The fourth-order valence-corrected chi connectivity index (χ4v) is 1.72. The Morgan fingerprint density at radius 3 is 3.06 bits per heavy atom. The Kier molecular flexibility index (Phi) is 3.05. The molecule has 0 bridgehead atoms. The fourth-order valence-electron chi connectivity index (χ4n) is 1.72. The van der Waals surface area contributed by atoms with E-state index in [9.17, 15) is 4.79 Å². The minimum Gasteiger partial charge on any atom is -0.384 e. The van der Waals surface area contributed by atoms with E-state index < -0.39 is 0 Å². The van der Waals surface area contributed by atoms with Gasteiger partial charge in [0.25, 0.3) is 5.91 Å². The van der Waals surface area contributed by atoms with Crippen LogP contribution in [-0.2, 0) is 4.74 Å². The van der Waals surface area contributed by atoms with Gasteiger partial charge in [0, 0.05) is 19.3 Å². The van der Waals surface area contributed by atoms with Gasteiger partial charge in [-0.3, -0.25) is 4.79 Å². The molecule has 0 radical (unpaired) electrons. The van der Waals surface area contributed by atoms with Crippen LogP contribution in [0.1, 0.15) is 17.3 Å². The number of carbonyl (C=O) groups is 1. The van der Waals surface area contributed by atoms with E-state index in [4.69, 9.17) is 10.5 Å². The number of nitrogens with zero attached hydrogens (tertiary/aromatic N) is 2. The number of aromatic nitrogens is 1. The summed E-state index contributed by atoms with van der Waals surface area (Å²) in [5.74, 6) is 0.412. The molecule has 1 fully saturated rings. The average Bonchev–Trinajstić information content (AvgIpc) is 2.29. The molecule has 2 N–H and O–H groups in total. The maximum absolute atomic E-state index is 12.0. The number of nitrogen functional groups attached to an aromatic ring is 1. The van der Waals surface area contributed by atoms with Crippen LogP contribution < -0.4 is 5.73 Å². The quantitative estimate of drug-likeness (QED) is 0.750. The lowest BCUT2D eigenvalue weighted by atomic mass is 10.2. The molecule has 1 amide bonds. The summed E-state index contributed by atoms with van der Waals surface area (Å²) in [7, 11) is 0. The lowest BCUT2D eigenvalue weighted by Gasteiger charge is -2.31. The largest absolute Gasteiger partial charge is 0.384 e. The molecule has 1 saturated heterocycles. The highest BCUT2D eigenvalue weighted by molar-refractivity contribution is 5.94. The fraction of sp³-hybridized carbons (Fsp3) is 0.455. The third-order valence-electron chi connectivity index (χ3n) is 2.56. The van der Waals surface area contributed by atoms with E-state index in [-0.39, 0.29) is 12.0 Å². The number of pyridine rings is 1. The molecule has 5 nitrogen and oxygen atoms in total. The number of hydrogen-bond acceptors (Lipinski definition) is 4. The number of hydrogen-bond donors (Lipinski definition) is 1. The molecular weight excluding hydrogens is 206 g/mol. The third-order valence-corrected chi connectivity index (χ3v) is 2.56. The van der Waals surface area contributed by atoms with Gasteiger partial charge >= 0.3 is 0 Å². The SMILES string of the molecule is CC1CN(C(=O)c2ccc(N)nc2)CCO1. The third kappa shape index (κ3) is 2.30. The van der Waals surface area contributed by atoms with Gasteiger partial charge in [0.05, 0.1) is 18.3 Å². The number of morpholine rings is 1. The number of anilines is 1. The van der Waals surface area contributed by atoms with Gasteiger partial charge in [-0.25, -0.2) is 4.98 Å². The Labute approximate surface area is 94.2 Å². The van der Waals surface area contributed by atoms with Crippen LogP contribution in [0.15, 0.2) is 18.3 Å². The topological polar surface area (TPSA) is 68.5 Å². The summed E-state index contributed by atoms with van der Waals surface area (Å²) < 4.78 is 5.38. The van der Waals surface area contributed by atoms with Crippen molar-refractivity contribution in [3.63, 3.8) is 0 Å². The van der Waals surface area contributed by atoms with Crippen LogP contribution in [0.5, 0.6) is 0 Å². The average molecular weight is 221 g/mol. The van der Waals surface area contributed by atoms with Crippen LogP contribution in [0.3, 0.4) is 0 Å². The predicted molar refractivity (Wildman–Crippen MR) is 60.0 cm³/mol. The first-order valence-electron chi connectivity index (χ1n) is 5.29. The standard InChI is InChI=1S/C11H15N3O2/c1-8-7-14(4-5-16-8)11(15)9-2-3-10(12)13-6-9/h2-3,6,8H,4-5,7H2,1H3,(H2,12,13). The van der Waals surface area contributed by atoms with Gasteiger partial charge in [-0.1, -0.05) is 0 Å². The highest BCUT2D eigenvalue weighted by atomic mass is 16.5. The van der Waals surface area contributed by atoms with Gasteiger partial charge in [-0.2, -0.15) is 0 Å². The number of rotatable bonds is 1. The Morgan fingerprint density at radius 1 is 1.62 bits per heavy atom. The lowest BCUT2D eigenvalue weighted by Crippen LogP contribution is -2.44. The minimum atomic E-state index is -0.0114. The molecule has 1 atom stereocenters. The zero-order valence-corrected chi connectivity index (χ0v) is 9.22. The molecule has 1 aromatic rings. The van der Waals surface area contributed by atoms with E-state index in [0.717, 1.165) is 0 Å². The number of amides is 1. The summed E-state index contributed by atoms with van der Waals surface area (Å²) in [6.07, 6.45) is 1.61. The van der Waals surface area contributed by atoms with Crippen molar-refractivity contribution in [3.8, 4) is 0 Å². The van der Waals surface area contributed by atoms with Crippen molar-refractivity contribution in [2.45, 2.75) is 13.0 Å². The first kappa shape index (κ1) is 10.9. The maximum Gasteiger partial charge on any atom is 0.255 e. The van der Waals surface area contributed by atoms with Crippen LogP contribution >= 0.6 is 0 Å². The van der Waals surface area contributed by atoms with Crippen molar-refractivity contribution in [2.75, 3.05) is 25.4 Å². The highest BCUT2D eigenvalue weighted by Gasteiger charge is 2.22. The van der Waals surface area contributed by atoms with E-state index in [0.29, 0.717) is 31.1 Å². The van der Waals surface area contributed by atoms with Crippen LogP contribution in [0.4, 0.5) is 5.82 Å². The highest BCUT2D eigenvalue weighted by Crippen LogP contribution is 2.10. The molecule has 1 aliphatic heterocycles. The van der Waals surface area contributed by atoms with Gasteiger partial charge in [-0.15, -0.1) is 0 Å². The van der Waals surface area contributed by atoms with E-state index in [2.05, 4.69) is 4.98 Å². The molecule has 0 spiro atoms. The van der Waals surface area contributed by atoms with Gasteiger partial charge in [0.2, 0.25) is 0 Å². The molecule has 0 aliphatic carbocycles. The first-order chi connectivity index (χ1) is 7.66. The van der Waals surface area contributed by atoms with Crippen LogP contribution in [0, 0.1) is 0 Å². The summed E-state index contributed by atoms with van der Waals surface area (Å²) in [5.41, 5.74) is 6.04. The Morgan fingerprint density at radius 2 is 2.44 bits per heavy atom. The van der Waals surface area contributed by atoms with Gasteiger partial charge in [-0.05, 0) is 19.1 Å². The summed E-state index contributed by atoms with van der Waals surface area (Å²) in [6.45, 7) is 3.81. The normalized spacial score (nSPS) is 20.8. The van der Waals surface area contributed by atoms with Crippen molar-refractivity contribution in [3.05, 3.63) is 23.9 Å². The molecule has 86 valence electrons. The number of carbonyl (C=O) groups excluding carboxylic acids is 1. The van der Waals surface area contributed by atoms with Crippen molar-refractivity contribution < 1.29 is 9.53 Å². The first-order valence-corrected chi connectivity index (χ1v) is 5.29. The summed E-state index contributed by atoms with van der Waals surface area (Å²) >= 11 is 0. The van der Waals surface area contributed by atoms with E-state index in [1.54, 1.807) is 17.0 Å². The van der Waals surface area contributed by atoms with Crippen molar-refractivity contribution in [2.24, 2.45) is 0 Å². The van der Waals surface area contributed by atoms with Gasteiger partial charge in [0.1, 0.15) is 5.82 Å². The van der Waals surface area contributed by atoms with E-state index in [1.807, 2.05) is 6.92 Å². The summed E-state index contributed by atoms with van der Waals surface area (Å²) in [6, 6.07) is 3.34. The van der Waals surface area contributed by atoms with E-state index >= 15 is 0 Å². The van der Waals surface area contributed by atoms with Crippen LogP contribution in [0.25, 0.3) is 0 Å². The van der Waals surface area contributed by atoms with Crippen molar-refractivity contribution in [1.82, 2.24) is 9.88 Å². The second-order valence-electron chi connectivity index (χ2n) is 3.90. The zero-order valence-electron chi connectivity index (χ0n) is 9.22. The molecule has 2 rings (SSSR count). The van der Waals surface area contributed by atoms with E-state index in [1.165, 1.54) is 6.20 Å². The Hall–Kier alpha value is -1.62. The minimum absolute atomic E-state index is 0.0114. The molecule has 2 heterocycles. The zero-order chi connectivity index (χ0) is 11.5. The summed E-state index contributed by atoms with van der Waals surface area (Å²) in [4.78, 5) is 17.7. The lowest BCUT2D eigenvalue weighted by molar-refractivity contribution is -0.0124. The molecule has 1 aromatic heterocycles. The maximum atomic E-state index is 12.0. The molecule has 5 heteroatoms. The molecule has 0 saturated carbocycles. The predicted octanol–water partition coefficient (Wildman–Crippen LogP) is 0.525. The smallest absolute Gasteiger partial charge is 0.255 e. The second kappa shape index (κ2) is 4.49. The molecule has 1 aliphatic rings.